The molecule has 134 valence electrons. The van der Waals surface area contributed by atoms with Crippen LogP contribution in [0.4, 0.5) is 0 Å². The SMILES string of the molecule is C[C@@H](c1ccccc1)N1CCN(S(=O)(=O)N2CCCCCC2)CC1. The molecule has 2 aliphatic rings. The molecule has 24 heavy (non-hydrogen) atoms. The average Bonchev–Trinajstić information content (AvgIpc) is 2.92. The molecule has 1 aromatic rings. The van der Waals surface area contributed by atoms with Crippen LogP contribution >= 0.6 is 0 Å². The van der Waals surface area contributed by atoms with Crippen molar-refractivity contribution < 1.29 is 8.42 Å². The maximum atomic E-state index is 12.9. The van der Waals surface area contributed by atoms with Crippen LogP contribution in [-0.4, -0.2) is 61.2 Å². The second-order valence-electron chi connectivity index (χ2n) is 6.84. The largest absolute Gasteiger partial charge is 0.294 e. The summed E-state index contributed by atoms with van der Waals surface area (Å²) in [4.78, 5) is 2.38. The normalized spacial score (nSPS) is 23.7. The van der Waals surface area contributed by atoms with Gasteiger partial charge in [-0.1, -0.05) is 43.2 Å². The minimum absolute atomic E-state index is 0.328. The van der Waals surface area contributed by atoms with E-state index in [1.165, 1.54) is 5.56 Å². The van der Waals surface area contributed by atoms with Crippen molar-refractivity contribution in [3.8, 4) is 0 Å². The Bertz CT molecular complexity index is 604. The van der Waals surface area contributed by atoms with Gasteiger partial charge in [0.25, 0.3) is 10.2 Å². The molecule has 0 radical (unpaired) electrons. The monoisotopic (exact) mass is 351 g/mol. The molecule has 2 heterocycles. The molecular weight excluding hydrogens is 322 g/mol. The first kappa shape index (κ1) is 17.9. The van der Waals surface area contributed by atoms with Crippen LogP contribution in [0, 0.1) is 0 Å². The van der Waals surface area contributed by atoms with Crippen LogP contribution in [-0.2, 0) is 10.2 Å². The molecule has 0 aliphatic carbocycles. The fraction of sp³-hybridized carbons (Fsp3) is 0.667. The summed E-state index contributed by atoms with van der Waals surface area (Å²) in [6, 6.07) is 10.8. The Morgan fingerprint density at radius 1 is 0.792 bits per heavy atom. The van der Waals surface area contributed by atoms with E-state index < -0.39 is 10.2 Å². The van der Waals surface area contributed by atoms with Crippen molar-refractivity contribution in [1.82, 2.24) is 13.5 Å². The highest BCUT2D eigenvalue weighted by Crippen LogP contribution is 2.23. The van der Waals surface area contributed by atoms with Gasteiger partial charge in [-0.25, -0.2) is 0 Å². The molecule has 0 spiro atoms. The van der Waals surface area contributed by atoms with Crippen molar-refractivity contribution in [1.29, 1.82) is 0 Å². The first-order valence-electron chi connectivity index (χ1n) is 9.13. The van der Waals surface area contributed by atoms with Crippen molar-refractivity contribution in [3.63, 3.8) is 0 Å². The molecule has 5 nitrogen and oxygen atoms in total. The standard InChI is InChI=1S/C18H29N3O2S/c1-17(18-9-5-4-6-10-18)19-13-15-21(16-14-19)24(22,23)20-11-7-2-3-8-12-20/h4-6,9-10,17H,2-3,7-8,11-16H2,1H3/t17-/m0/s1. The van der Waals surface area contributed by atoms with E-state index in [1.54, 1.807) is 8.61 Å². The molecule has 0 amide bonds. The zero-order valence-electron chi connectivity index (χ0n) is 14.6. The minimum Gasteiger partial charge on any atom is -0.294 e. The van der Waals surface area contributed by atoms with Gasteiger partial charge in [0.15, 0.2) is 0 Å². The Morgan fingerprint density at radius 2 is 1.33 bits per heavy atom. The zero-order chi connectivity index (χ0) is 17.0. The molecule has 0 unspecified atom stereocenters. The molecule has 2 aliphatic heterocycles. The van der Waals surface area contributed by atoms with Crippen molar-refractivity contribution in [2.75, 3.05) is 39.3 Å². The van der Waals surface area contributed by atoms with E-state index in [1.807, 2.05) is 6.07 Å². The highest BCUT2D eigenvalue weighted by molar-refractivity contribution is 7.86. The molecule has 1 aromatic carbocycles. The van der Waals surface area contributed by atoms with Gasteiger partial charge in [0.1, 0.15) is 0 Å². The van der Waals surface area contributed by atoms with Gasteiger partial charge in [0.2, 0.25) is 0 Å². The van der Waals surface area contributed by atoms with E-state index in [0.717, 1.165) is 38.8 Å². The fourth-order valence-corrected chi connectivity index (χ4v) is 5.37. The summed E-state index contributed by atoms with van der Waals surface area (Å²) in [6.45, 7) is 6.35. The lowest BCUT2D eigenvalue weighted by atomic mass is 10.1. The smallest absolute Gasteiger partial charge is 0.282 e. The van der Waals surface area contributed by atoms with Gasteiger partial charge >= 0.3 is 0 Å². The first-order valence-corrected chi connectivity index (χ1v) is 10.5. The Hall–Kier alpha value is -0.950. The summed E-state index contributed by atoms with van der Waals surface area (Å²) in [7, 11) is -3.28. The van der Waals surface area contributed by atoms with Gasteiger partial charge in [0, 0.05) is 45.3 Å². The molecule has 2 fully saturated rings. The molecule has 3 rings (SSSR count). The lowest BCUT2D eigenvalue weighted by Gasteiger charge is -2.39. The summed E-state index contributed by atoms with van der Waals surface area (Å²) < 4.78 is 29.1. The molecule has 0 bridgehead atoms. The third-order valence-corrected chi connectivity index (χ3v) is 7.36. The third-order valence-electron chi connectivity index (χ3n) is 5.32. The van der Waals surface area contributed by atoms with Crippen molar-refractivity contribution in [2.24, 2.45) is 0 Å². The van der Waals surface area contributed by atoms with Crippen molar-refractivity contribution >= 4 is 10.2 Å². The zero-order valence-corrected chi connectivity index (χ0v) is 15.4. The number of hydrogen-bond donors (Lipinski definition) is 0. The summed E-state index contributed by atoms with van der Waals surface area (Å²) in [5.41, 5.74) is 1.29. The summed E-state index contributed by atoms with van der Waals surface area (Å²) in [5, 5.41) is 0. The average molecular weight is 352 g/mol. The summed E-state index contributed by atoms with van der Waals surface area (Å²) in [6.07, 6.45) is 4.28. The van der Waals surface area contributed by atoms with Gasteiger partial charge in [-0.05, 0) is 25.3 Å². The van der Waals surface area contributed by atoms with E-state index in [0.29, 0.717) is 32.2 Å². The van der Waals surface area contributed by atoms with Gasteiger partial charge in [-0.15, -0.1) is 0 Å². The summed E-state index contributed by atoms with van der Waals surface area (Å²) in [5.74, 6) is 0. The van der Waals surface area contributed by atoms with E-state index in [-0.39, 0.29) is 0 Å². The number of hydrogen-bond acceptors (Lipinski definition) is 3. The minimum atomic E-state index is -3.28. The lowest BCUT2D eigenvalue weighted by molar-refractivity contribution is 0.141. The Labute approximate surface area is 146 Å². The molecular formula is C18H29N3O2S. The Balaban J connectivity index is 1.60. The molecule has 6 heteroatoms. The predicted octanol–water partition coefficient (Wildman–Crippen LogP) is 2.49. The Morgan fingerprint density at radius 3 is 1.92 bits per heavy atom. The molecule has 0 saturated carbocycles. The van der Waals surface area contributed by atoms with Crippen molar-refractivity contribution in [3.05, 3.63) is 35.9 Å². The Kier molecular flexibility index (Phi) is 5.92. The third kappa shape index (κ3) is 3.99. The molecule has 2 saturated heterocycles. The molecule has 1 atom stereocenters. The topological polar surface area (TPSA) is 43.9 Å². The maximum absolute atomic E-state index is 12.9. The number of piperazine rings is 1. The van der Waals surface area contributed by atoms with Gasteiger partial charge in [-0.3, -0.25) is 4.90 Å². The van der Waals surface area contributed by atoms with E-state index in [4.69, 9.17) is 0 Å². The second kappa shape index (κ2) is 7.95. The van der Waals surface area contributed by atoms with Crippen LogP contribution in [0.1, 0.15) is 44.2 Å². The number of benzene rings is 1. The molecule has 0 aromatic heterocycles. The maximum Gasteiger partial charge on any atom is 0.282 e. The lowest BCUT2D eigenvalue weighted by Crippen LogP contribution is -2.53. The van der Waals surface area contributed by atoms with Crippen LogP contribution in [0.15, 0.2) is 30.3 Å². The number of rotatable bonds is 4. The van der Waals surface area contributed by atoms with Crippen molar-refractivity contribution in [2.45, 2.75) is 38.6 Å². The van der Waals surface area contributed by atoms with Crippen LogP contribution in [0.25, 0.3) is 0 Å². The van der Waals surface area contributed by atoms with E-state index >= 15 is 0 Å². The van der Waals surface area contributed by atoms with Crippen LogP contribution < -0.4 is 0 Å². The quantitative estimate of drug-likeness (QED) is 0.837. The second-order valence-corrected chi connectivity index (χ2v) is 8.77. The van der Waals surface area contributed by atoms with Gasteiger partial charge in [-0.2, -0.15) is 17.0 Å². The van der Waals surface area contributed by atoms with Crippen LogP contribution in [0.3, 0.4) is 0 Å². The van der Waals surface area contributed by atoms with Gasteiger partial charge < -0.3 is 0 Å². The van der Waals surface area contributed by atoms with Crippen LogP contribution in [0.2, 0.25) is 0 Å². The predicted molar refractivity (Wildman–Crippen MR) is 97.0 cm³/mol. The van der Waals surface area contributed by atoms with Crippen LogP contribution in [0.5, 0.6) is 0 Å². The van der Waals surface area contributed by atoms with E-state index in [9.17, 15) is 8.42 Å². The van der Waals surface area contributed by atoms with E-state index in [2.05, 4.69) is 36.1 Å². The fourth-order valence-electron chi connectivity index (χ4n) is 3.70. The number of nitrogens with zero attached hydrogens (tertiary/aromatic N) is 3. The highest BCUT2D eigenvalue weighted by Gasteiger charge is 2.33. The summed E-state index contributed by atoms with van der Waals surface area (Å²) >= 11 is 0. The highest BCUT2D eigenvalue weighted by atomic mass is 32.2. The van der Waals surface area contributed by atoms with Gasteiger partial charge in [0.05, 0.1) is 0 Å². The molecule has 0 N–H and O–H groups in total. The first-order chi connectivity index (χ1) is 11.6.